The van der Waals surface area contributed by atoms with E-state index in [1.54, 1.807) is 0 Å². The zero-order chi connectivity index (χ0) is 19.2. The van der Waals surface area contributed by atoms with Gasteiger partial charge < -0.3 is 13.8 Å². The van der Waals surface area contributed by atoms with Gasteiger partial charge in [-0.15, -0.1) is 0 Å². The topological polar surface area (TPSA) is 62.7 Å². The van der Waals surface area contributed by atoms with Crippen LogP contribution in [0.3, 0.4) is 0 Å². The third-order valence-corrected chi connectivity index (χ3v) is 4.88. The molecule has 7 nitrogen and oxygen atoms in total. The van der Waals surface area contributed by atoms with Gasteiger partial charge in [-0.1, -0.05) is 5.16 Å². The van der Waals surface area contributed by atoms with E-state index in [0.29, 0.717) is 18.9 Å². The number of aryl methyl sites for hydroxylation is 2. The van der Waals surface area contributed by atoms with E-state index < -0.39 is 11.9 Å². The van der Waals surface area contributed by atoms with Crippen molar-refractivity contribution in [2.75, 3.05) is 31.1 Å². The molecular formula is C17H19F3N6O. The van der Waals surface area contributed by atoms with E-state index in [0.717, 1.165) is 42.8 Å². The van der Waals surface area contributed by atoms with Crippen molar-refractivity contribution < 1.29 is 17.7 Å². The van der Waals surface area contributed by atoms with Crippen LogP contribution in [-0.2, 0) is 12.7 Å². The second-order valence-corrected chi connectivity index (χ2v) is 6.67. The summed E-state index contributed by atoms with van der Waals surface area (Å²) in [6.07, 6.45) is -0.500. The summed E-state index contributed by atoms with van der Waals surface area (Å²) in [6.45, 7) is 7.40. The lowest BCUT2D eigenvalue weighted by atomic mass is 10.2. The number of imidazole rings is 1. The van der Waals surface area contributed by atoms with Crippen LogP contribution in [0.25, 0.3) is 5.65 Å². The van der Waals surface area contributed by atoms with Gasteiger partial charge in [0.2, 0.25) is 0 Å². The van der Waals surface area contributed by atoms with Gasteiger partial charge in [-0.2, -0.15) is 13.2 Å². The third-order valence-electron chi connectivity index (χ3n) is 4.88. The Balaban J connectivity index is 1.50. The summed E-state index contributed by atoms with van der Waals surface area (Å²) < 4.78 is 45.5. The van der Waals surface area contributed by atoms with Crippen LogP contribution in [0.1, 0.15) is 22.7 Å². The minimum atomic E-state index is -4.48. The van der Waals surface area contributed by atoms with Gasteiger partial charge in [-0.05, 0) is 13.8 Å². The van der Waals surface area contributed by atoms with Crippen molar-refractivity contribution in [1.82, 2.24) is 24.4 Å². The normalized spacial score (nSPS) is 16.4. The Bertz CT molecular complexity index is 936. The zero-order valence-corrected chi connectivity index (χ0v) is 15.0. The molecule has 0 saturated carbocycles. The quantitative estimate of drug-likeness (QED) is 0.696. The molecule has 1 fully saturated rings. The highest BCUT2D eigenvalue weighted by molar-refractivity contribution is 5.64. The Morgan fingerprint density at radius 1 is 1.15 bits per heavy atom. The molecular weight excluding hydrogens is 361 g/mol. The van der Waals surface area contributed by atoms with E-state index in [1.165, 1.54) is 16.8 Å². The number of halogens is 3. The molecule has 4 heterocycles. The molecule has 0 N–H and O–H groups in total. The number of hydrogen-bond acceptors (Lipinski definition) is 6. The molecule has 0 spiro atoms. The summed E-state index contributed by atoms with van der Waals surface area (Å²) in [5.74, 6) is 1.29. The van der Waals surface area contributed by atoms with E-state index in [4.69, 9.17) is 4.52 Å². The first-order chi connectivity index (χ1) is 12.8. The molecule has 0 unspecified atom stereocenters. The molecule has 0 bridgehead atoms. The minimum Gasteiger partial charge on any atom is -0.361 e. The van der Waals surface area contributed by atoms with E-state index >= 15 is 0 Å². The molecule has 0 radical (unpaired) electrons. The average molecular weight is 380 g/mol. The Labute approximate surface area is 153 Å². The molecule has 0 aromatic carbocycles. The number of hydrogen-bond donors (Lipinski definition) is 0. The van der Waals surface area contributed by atoms with Crippen molar-refractivity contribution >= 4 is 11.5 Å². The van der Waals surface area contributed by atoms with E-state index in [-0.39, 0.29) is 5.65 Å². The average Bonchev–Trinajstić information content (AvgIpc) is 3.21. The Morgan fingerprint density at radius 3 is 2.52 bits per heavy atom. The summed E-state index contributed by atoms with van der Waals surface area (Å²) in [5, 5.41) is 3.98. The highest BCUT2D eigenvalue weighted by atomic mass is 19.4. The largest absolute Gasteiger partial charge is 0.434 e. The molecule has 27 heavy (non-hydrogen) atoms. The summed E-state index contributed by atoms with van der Waals surface area (Å²) in [7, 11) is 0. The highest BCUT2D eigenvalue weighted by Gasteiger charge is 2.34. The zero-order valence-electron chi connectivity index (χ0n) is 15.0. The Morgan fingerprint density at radius 2 is 1.89 bits per heavy atom. The molecule has 0 amide bonds. The number of piperazine rings is 1. The lowest BCUT2D eigenvalue weighted by Crippen LogP contribution is -2.46. The standard InChI is InChI=1S/C17H19F3N6O/c1-11-13(12(2)27-23-11)9-24-5-7-25(8-6-24)15-16-22-14(17(18,19)20)10-26(16)4-3-21-15/h3-4,10H,5-9H2,1-2H3. The molecule has 4 rings (SSSR count). The summed E-state index contributed by atoms with van der Waals surface area (Å²) >= 11 is 0. The van der Waals surface area contributed by atoms with Gasteiger partial charge in [-0.3, -0.25) is 4.90 Å². The van der Waals surface area contributed by atoms with Gasteiger partial charge in [0.1, 0.15) is 5.76 Å². The smallest absolute Gasteiger partial charge is 0.361 e. The second-order valence-electron chi connectivity index (χ2n) is 6.67. The fraction of sp³-hybridized carbons (Fsp3) is 0.471. The van der Waals surface area contributed by atoms with Gasteiger partial charge in [-0.25, -0.2) is 9.97 Å². The van der Waals surface area contributed by atoms with Crippen LogP contribution in [0.2, 0.25) is 0 Å². The van der Waals surface area contributed by atoms with Crippen LogP contribution in [0.5, 0.6) is 0 Å². The van der Waals surface area contributed by atoms with Gasteiger partial charge in [0.15, 0.2) is 17.2 Å². The van der Waals surface area contributed by atoms with Crippen molar-refractivity contribution in [3.05, 3.63) is 41.3 Å². The van der Waals surface area contributed by atoms with Crippen LogP contribution >= 0.6 is 0 Å². The number of nitrogens with zero attached hydrogens (tertiary/aromatic N) is 6. The predicted octanol–water partition coefficient (Wildman–Crippen LogP) is 2.68. The van der Waals surface area contributed by atoms with Crippen LogP contribution in [0.15, 0.2) is 23.1 Å². The number of alkyl halides is 3. The minimum absolute atomic E-state index is 0.226. The summed E-state index contributed by atoms with van der Waals surface area (Å²) in [4.78, 5) is 12.3. The lowest BCUT2D eigenvalue weighted by Gasteiger charge is -2.35. The van der Waals surface area contributed by atoms with Gasteiger partial charge >= 0.3 is 6.18 Å². The molecule has 10 heteroatoms. The monoisotopic (exact) mass is 380 g/mol. The fourth-order valence-electron chi connectivity index (χ4n) is 3.33. The van der Waals surface area contributed by atoms with Crippen LogP contribution < -0.4 is 4.90 Å². The van der Waals surface area contributed by atoms with Crippen LogP contribution in [0.4, 0.5) is 19.0 Å². The maximum atomic E-state index is 13.0. The molecule has 3 aromatic heterocycles. The maximum Gasteiger partial charge on any atom is 0.434 e. The molecule has 0 atom stereocenters. The SMILES string of the molecule is Cc1noc(C)c1CN1CCN(c2nccn3cc(C(F)(F)F)nc23)CC1. The lowest BCUT2D eigenvalue weighted by molar-refractivity contribution is -0.140. The first kappa shape index (κ1) is 17.8. The molecule has 3 aromatic rings. The molecule has 0 aliphatic carbocycles. The van der Waals surface area contributed by atoms with Crippen molar-refractivity contribution in [2.24, 2.45) is 0 Å². The number of fused-ring (bicyclic) bond motifs is 1. The molecule has 1 aliphatic rings. The van der Waals surface area contributed by atoms with Crippen molar-refractivity contribution in [2.45, 2.75) is 26.6 Å². The first-order valence-corrected chi connectivity index (χ1v) is 8.63. The summed E-state index contributed by atoms with van der Waals surface area (Å²) in [6, 6.07) is 0. The van der Waals surface area contributed by atoms with E-state index in [1.807, 2.05) is 18.7 Å². The number of aromatic nitrogens is 4. The van der Waals surface area contributed by atoms with Gasteiger partial charge in [0.25, 0.3) is 0 Å². The second kappa shape index (κ2) is 6.52. The third kappa shape index (κ3) is 3.36. The van der Waals surface area contributed by atoms with Crippen molar-refractivity contribution in [3.63, 3.8) is 0 Å². The first-order valence-electron chi connectivity index (χ1n) is 8.63. The van der Waals surface area contributed by atoms with Gasteiger partial charge in [0, 0.05) is 56.9 Å². The van der Waals surface area contributed by atoms with E-state index in [9.17, 15) is 13.2 Å². The Kier molecular flexibility index (Phi) is 4.29. The van der Waals surface area contributed by atoms with E-state index in [2.05, 4.69) is 20.0 Å². The molecule has 1 aliphatic heterocycles. The van der Waals surface area contributed by atoms with Crippen molar-refractivity contribution in [3.8, 4) is 0 Å². The maximum absolute atomic E-state index is 13.0. The molecule has 144 valence electrons. The Hall–Kier alpha value is -2.62. The van der Waals surface area contributed by atoms with Crippen LogP contribution in [0, 0.1) is 13.8 Å². The van der Waals surface area contributed by atoms with Crippen molar-refractivity contribution in [1.29, 1.82) is 0 Å². The fourth-order valence-corrected chi connectivity index (χ4v) is 3.33. The number of anilines is 1. The molecule has 1 saturated heterocycles. The summed E-state index contributed by atoms with van der Waals surface area (Å²) in [5.41, 5.74) is 1.29. The van der Waals surface area contributed by atoms with Gasteiger partial charge in [0.05, 0.1) is 5.69 Å². The highest BCUT2D eigenvalue weighted by Crippen LogP contribution is 2.30. The number of rotatable bonds is 3. The van der Waals surface area contributed by atoms with Crippen LogP contribution in [-0.4, -0.2) is 50.6 Å². The predicted molar refractivity (Wildman–Crippen MR) is 91.5 cm³/mol.